The fourth-order valence-corrected chi connectivity index (χ4v) is 8.80. The second-order valence-electron chi connectivity index (χ2n) is 21.4. The van der Waals surface area contributed by atoms with Crippen molar-refractivity contribution in [2.24, 2.45) is 0 Å². The van der Waals surface area contributed by atoms with E-state index in [1.54, 1.807) is 12.1 Å². The van der Waals surface area contributed by atoms with E-state index in [4.69, 9.17) is 0 Å². The molecule has 330 valence electrons. The highest BCUT2D eigenvalue weighted by Crippen LogP contribution is 2.45. The average Bonchev–Trinajstić information content (AvgIpc) is 3.69. The summed E-state index contributed by atoms with van der Waals surface area (Å²) in [6, 6.07) is 32.0. The molecule has 0 saturated carbocycles. The van der Waals surface area contributed by atoms with Crippen LogP contribution in [0.3, 0.4) is 0 Å². The van der Waals surface area contributed by atoms with E-state index in [1.807, 2.05) is 57.7 Å². The first-order chi connectivity index (χ1) is 29.5. The number of alkyl halides is 6. The zero-order valence-corrected chi connectivity index (χ0v) is 38.4. The van der Waals surface area contributed by atoms with Gasteiger partial charge < -0.3 is 9.13 Å². The summed E-state index contributed by atoms with van der Waals surface area (Å²) in [5.41, 5.74) is 4.17. The van der Waals surface area contributed by atoms with Gasteiger partial charge in [-0.15, -0.1) is 0 Å². The van der Waals surface area contributed by atoms with Crippen LogP contribution in [0.5, 0.6) is 0 Å². The maximum atomic E-state index is 14.5. The Morgan fingerprint density at radius 2 is 0.625 bits per heavy atom. The summed E-state index contributed by atoms with van der Waals surface area (Å²) < 4.78 is 91.0. The summed E-state index contributed by atoms with van der Waals surface area (Å²) in [7, 11) is 0. The number of hydrogen-bond acceptors (Lipinski definition) is 1. The van der Waals surface area contributed by atoms with Crippen LogP contribution in [0.1, 0.15) is 122 Å². The molecule has 0 amide bonds. The van der Waals surface area contributed by atoms with Gasteiger partial charge in [0.05, 0.1) is 44.6 Å². The van der Waals surface area contributed by atoms with E-state index in [-0.39, 0.29) is 44.4 Å². The quantitative estimate of drug-likeness (QED) is 0.163. The summed E-state index contributed by atoms with van der Waals surface area (Å²) in [6.45, 7) is 25.5. The van der Waals surface area contributed by atoms with Gasteiger partial charge in [-0.3, -0.25) is 0 Å². The first-order valence-corrected chi connectivity index (χ1v) is 21.5. The minimum absolute atomic E-state index is 0.0841. The van der Waals surface area contributed by atoms with Gasteiger partial charge >= 0.3 is 12.4 Å². The number of hydrogen-bond donors (Lipinski definition) is 0. The van der Waals surface area contributed by atoms with E-state index in [2.05, 4.69) is 113 Å². The molecule has 9 heteroatoms. The number of benzene rings is 6. The van der Waals surface area contributed by atoms with Crippen LogP contribution in [0.15, 0.2) is 103 Å². The van der Waals surface area contributed by atoms with E-state index in [1.165, 1.54) is 0 Å². The molecule has 8 aromatic rings. The number of nitriles is 1. The summed E-state index contributed by atoms with van der Waals surface area (Å²) in [6.07, 6.45) is -10.1. The van der Waals surface area contributed by atoms with Crippen LogP contribution < -0.4 is 0 Å². The number of fused-ring (bicyclic) bond motifs is 6. The van der Waals surface area contributed by atoms with Gasteiger partial charge in [-0.1, -0.05) is 107 Å². The van der Waals surface area contributed by atoms with Crippen LogP contribution in [-0.4, -0.2) is 9.13 Å². The lowest BCUT2D eigenvalue weighted by atomic mass is 9.85. The van der Waals surface area contributed by atoms with Gasteiger partial charge in [0.25, 0.3) is 0 Å². The van der Waals surface area contributed by atoms with Crippen molar-refractivity contribution in [2.45, 2.75) is 117 Å². The fourth-order valence-electron chi connectivity index (χ4n) is 8.80. The Balaban J connectivity index is 1.59. The zero-order chi connectivity index (χ0) is 46.9. The Kier molecular flexibility index (Phi) is 10.1. The average molecular weight is 870 g/mol. The van der Waals surface area contributed by atoms with Crippen molar-refractivity contribution < 1.29 is 26.3 Å². The summed E-state index contributed by atoms with van der Waals surface area (Å²) in [4.78, 5) is 0. The molecule has 0 N–H and O–H groups in total. The van der Waals surface area contributed by atoms with E-state index in [9.17, 15) is 31.6 Å². The third-order valence-corrected chi connectivity index (χ3v) is 12.6. The van der Waals surface area contributed by atoms with Crippen LogP contribution in [0.2, 0.25) is 0 Å². The predicted molar refractivity (Wildman–Crippen MR) is 250 cm³/mol. The summed E-state index contributed by atoms with van der Waals surface area (Å²) in [5, 5.41) is 15.1. The largest absolute Gasteiger partial charge is 0.416 e. The first kappa shape index (κ1) is 44.6. The maximum absolute atomic E-state index is 14.5. The number of halogens is 6. The molecule has 0 fully saturated rings. The highest BCUT2D eigenvalue weighted by atomic mass is 19.4. The number of aromatic nitrogens is 2. The lowest BCUT2D eigenvalue weighted by Crippen LogP contribution is -2.11. The Hall–Kier alpha value is -6.01. The maximum Gasteiger partial charge on any atom is 0.416 e. The number of rotatable bonds is 3. The van der Waals surface area contributed by atoms with Gasteiger partial charge in [0.1, 0.15) is 11.6 Å². The van der Waals surface area contributed by atoms with Crippen molar-refractivity contribution in [1.29, 1.82) is 5.26 Å². The lowest BCUT2D eigenvalue weighted by Gasteiger charge is -2.21. The second kappa shape index (κ2) is 14.5. The Bertz CT molecular complexity index is 2880. The molecule has 8 rings (SSSR count). The van der Waals surface area contributed by atoms with Crippen molar-refractivity contribution >= 4 is 43.6 Å². The fraction of sp³-hybridized carbons (Fsp3) is 0.327. The SMILES string of the molecule is CC(C)(C)c1ccc2c(c1)c1cc(C(C)(C)C)ccc1n2-c1cc(-c2cc(C(F)(F)F)cc(C(F)(F)F)c2)cc(-n2c3ccc(C(C)(C)C)cc3c3cc(C(C)(C)C)ccc32)c1C#N. The molecule has 0 aliphatic carbocycles. The van der Waals surface area contributed by atoms with Gasteiger partial charge in [-0.2, -0.15) is 31.6 Å². The van der Waals surface area contributed by atoms with Crippen LogP contribution in [0.4, 0.5) is 26.3 Å². The van der Waals surface area contributed by atoms with Gasteiger partial charge in [0, 0.05) is 21.5 Å². The molecule has 64 heavy (non-hydrogen) atoms. The van der Waals surface area contributed by atoms with Gasteiger partial charge in [-0.05, 0) is 134 Å². The predicted octanol–water partition coefficient (Wildman–Crippen LogP) is 16.6. The molecule has 0 aliphatic heterocycles. The molecule has 0 atom stereocenters. The van der Waals surface area contributed by atoms with Gasteiger partial charge in [0.15, 0.2) is 0 Å². The minimum Gasteiger partial charge on any atom is -0.308 e. The number of nitrogens with zero attached hydrogens (tertiary/aromatic N) is 3. The monoisotopic (exact) mass is 869 g/mol. The van der Waals surface area contributed by atoms with E-state index < -0.39 is 23.5 Å². The summed E-state index contributed by atoms with van der Waals surface area (Å²) in [5.74, 6) is 0. The Morgan fingerprint density at radius 3 is 0.859 bits per heavy atom. The van der Waals surface area contributed by atoms with Crippen LogP contribution >= 0.6 is 0 Å². The van der Waals surface area contributed by atoms with Gasteiger partial charge in [0.2, 0.25) is 0 Å². The van der Waals surface area contributed by atoms with E-state index in [0.717, 1.165) is 78.0 Å². The van der Waals surface area contributed by atoms with E-state index in [0.29, 0.717) is 11.4 Å². The standard InChI is InChI=1S/C55H53F6N3/c1-50(2,3)33-13-17-44-39(26-33)40-27-34(51(4,5)6)14-18-45(40)63(44)48-23-32(31-21-37(54(56,57)58)25-38(22-31)55(59,60)61)24-49(43(48)30-62)64-46-19-15-35(52(7,8)9)28-41(46)42-29-36(53(10,11)12)16-20-47(42)64/h13-29H,1-12H3. The van der Waals surface area contributed by atoms with Crippen molar-refractivity contribution in [3.8, 4) is 28.6 Å². The molecule has 0 unspecified atom stereocenters. The summed E-state index contributed by atoms with van der Waals surface area (Å²) >= 11 is 0. The normalized spacial score (nSPS) is 13.5. The molecule has 6 aromatic carbocycles. The molecular formula is C55H53F6N3. The van der Waals surface area contributed by atoms with Crippen molar-refractivity contribution in [3.63, 3.8) is 0 Å². The van der Waals surface area contributed by atoms with Crippen molar-refractivity contribution in [3.05, 3.63) is 142 Å². The molecule has 0 spiro atoms. The van der Waals surface area contributed by atoms with Crippen LogP contribution in [0.25, 0.3) is 66.1 Å². The van der Waals surface area contributed by atoms with Crippen LogP contribution in [0, 0.1) is 11.3 Å². The highest BCUT2D eigenvalue weighted by molar-refractivity contribution is 6.12. The minimum atomic E-state index is -5.07. The van der Waals surface area contributed by atoms with Gasteiger partial charge in [-0.25, -0.2) is 0 Å². The highest BCUT2D eigenvalue weighted by Gasteiger charge is 2.37. The Morgan fingerprint density at radius 1 is 0.359 bits per heavy atom. The van der Waals surface area contributed by atoms with Crippen molar-refractivity contribution in [2.75, 3.05) is 0 Å². The molecule has 0 saturated heterocycles. The topological polar surface area (TPSA) is 33.6 Å². The van der Waals surface area contributed by atoms with Crippen LogP contribution in [-0.2, 0) is 34.0 Å². The van der Waals surface area contributed by atoms with Crippen molar-refractivity contribution in [1.82, 2.24) is 9.13 Å². The Labute approximate surface area is 370 Å². The molecule has 2 aromatic heterocycles. The molecular weight excluding hydrogens is 817 g/mol. The molecule has 3 nitrogen and oxygen atoms in total. The van der Waals surface area contributed by atoms with E-state index >= 15 is 0 Å². The molecule has 0 bridgehead atoms. The molecule has 2 heterocycles. The molecule has 0 radical (unpaired) electrons. The lowest BCUT2D eigenvalue weighted by molar-refractivity contribution is -0.143. The third kappa shape index (κ3) is 7.73. The third-order valence-electron chi connectivity index (χ3n) is 12.6. The first-order valence-electron chi connectivity index (χ1n) is 21.5. The molecule has 0 aliphatic rings. The second-order valence-corrected chi connectivity index (χ2v) is 21.4. The zero-order valence-electron chi connectivity index (χ0n) is 38.4. The smallest absolute Gasteiger partial charge is 0.308 e.